The number of nitrogens with zero attached hydrogens (tertiary/aromatic N) is 1. The standard InChI is InChI=1S/C19H21N3O4/c1-20-19(25)15-10-11(18(24)21-12-7-8-12)9-14(22-15)17(23)13-5-3-4-6-16(13)26-2/h3-6,9-10,12,17,23H,7-8H2,1-2H3,(H,20,25)(H,21,24)/t17-/m1/s1. The van der Waals surface area contributed by atoms with Crippen LogP contribution >= 0.6 is 0 Å². The number of aliphatic hydroxyl groups is 1. The molecule has 0 unspecified atom stereocenters. The van der Waals surface area contributed by atoms with Gasteiger partial charge in [-0.05, 0) is 31.0 Å². The minimum absolute atomic E-state index is 0.0693. The van der Waals surface area contributed by atoms with Crippen molar-refractivity contribution in [1.82, 2.24) is 15.6 Å². The Morgan fingerprint density at radius 2 is 1.96 bits per heavy atom. The smallest absolute Gasteiger partial charge is 0.269 e. The van der Waals surface area contributed by atoms with Crippen molar-refractivity contribution in [3.63, 3.8) is 0 Å². The number of ether oxygens (including phenoxy) is 1. The monoisotopic (exact) mass is 355 g/mol. The number of methoxy groups -OCH3 is 1. The summed E-state index contributed by atoms with van der Waals surface area (Å²) in [7, 11) is 2.99. The Hall–Kier alpha value is -2.93. The Morgan fingerprint density at radius 1 is 1.23 bits per heavy atom. The van der Waals surface area contributed by atoms with Gasteiger partial charge in [0.1, 0.15) is 17.5 Å². The average Bonchev–Trinajstić information content (AvgIpc) is 3.50. The third-order valence-corrected chi connectivity index (χ3v) is 4.19. The summed E-state index contributed by atoms with van der Waals surface area (Å²) >= 11 is 0. The van der Waals surface area contributed by atoms with Crippen LogP contribution in [0.3, 0.4) is 0 Å². The van der Waals surface area contributed by atoms with E-state index >= 15 is 0 Å². The maximum atomic E-state index is 12.4. The normalized spacial score (nSPS) is 14.4. The highest BCUT2D eigenvalue weighted by Gasteiger charge is 2.26. The number of hydrogen-bond donors (Lipinski definition) is 3. The molecule has 1 aliphatic rings. The molecule has 7 nitrogen and oxygen atoms in total. The highest BCUT2D eigenvalue weighted by molar-refractivity contribution is 5.98. The van der Waals surface area contributed by atoms with Gasteiger partial charge in [0.05, 0.1) is 12.8 Å². The number of carbonyl (C=O) groups excluding carboxylic acids is 2. The Morgan fingerprint density at radius 3 is 2.62 bits per heavy atom. The Kier molecular flexibility index (Phi) is 5.18. The Labute approximate surface area is 151 Å². The van der Waals surface area contributed by atoms with Crippen molar-refractivity contribution in [2.75, 3.05) is 14.2 Å². The van der Waals surface area contributed by atoms with Gasteiger partial charge in [-0.1, -0.05) is 18.2 Å². The molecular formula is C19H21N3O4. The van der Waals surface area contributed by atoms with Crippen LogP contribution in [0.2, 0.25) is 0 Å². The molecule has 1 heterocycles. The zero-order valence-corrected chi connectivity index (χ0v) is 14.7. The van der Waals surface area contributed by atoms with Gasteiger partial charge in [-0.25, -0.2) is 4.98 Å². The number of hydrogen-bond acceptors (Lipinski definition) is 5. The summed E-state index contributed by atoms with van der Waals surface area (Å²) in [5.74, 6) is -0.218. The molecule has 1 aromatic carbocycles. The fraction of sp³-hybridized carbons (Fsp3) is 0.316. The summed E-state index contributed by atoms with van der Waals surface area (Å²) in [6.45, 7) is 0. The summed E-state index contributed by atoms with van der Waals surface area (Å²) in [6, 6.07) is 10.1. The molecule has 3 rings (SSSR count). The lowest BCUT2D eigenvalue weighted by Crippen LogP contribution is -2.27. The van der Waals surface area contributed by atoms with Gasteiger partial charge >= 0.3 is 0 Å². The van der Waals surface area contributed by atoms with Crippen LogP contribution in [0.1, 0.15) is 51.0 Å². The molecule has 1 aliphatic carbocycles. The highest BCUT2D eigenvalue weighted by atomic mass is 16.5. The summed E-state index contributed by atoms with van der Waals surface area (Å²) in [4.78, 5) is 28.7. The van der Waals surface area contributed by atoms with E-state index in [4.69, 9.17) is 4.74 Å². The van der Waals surface area contributed by atoms with Crippen LogP contribution in [0.4, 0.5) is 0 Å². The summed E-state index contributed by atoms with van der Waals surface area (Å²) in [5, 5.41) is 16.1. The van der Waals surface area contributed by atoms with Crippen molar-refractivity contribution in [1.29, 1.82) is 0 Å². The fourth-order valence-corrected chi connectivity index (χ4v) is 2.62. The van der Waals surface area contributed by atoms with Gasteiger partial charge in [0.25, 0.3) is 11.8 Å². The van der Waals surface area contributed by atoms with Crippen LogP contribution in [0.5, 0.6) is 5.75 Å². The zero-order valence-electron chi connectivity index (χ0n) is 14.7. The molecule has 3 N–H and O–H groups in total. The second kappa shape index (κ2) is 7.53. The number of para-hydroxylation sites is 1. The van der Waals surface area contributed by atoms with E-state index < -0.39 is 12.0 Å². The predicted octanol–water partition coefficient (Wildman–Crippen LogP) is 1.42. The molecule has 1 aromatic heterocycles. The fourth-order valence-electron chi connectivity index (χ4n) is 2.62. The lowest BCUT2D eigenvalue weighted by molar-refractivity contribution is 0.0950. The Balaban J connectivity index is 2.01. The predicted molar refractivity (Wildman–Crippen MR) is 95.2 cm³/mol. The van der Waals surface area contributed by atoms with E-state index in [0.29, 0.717) is 11.3 Å². The first-order chi connectivity index (χ1) is 12.5. The van der Waals surface area contributed by atoms with Gasteiger partial charge in [0.15, 0.2) is 0 Å². The highest BCUT2D eigenvalue weighted by Crippen LogP contribution is 2.29. The first kappa shape index (κ1) is 17.9. The molecule has 1 saturated carbocycles. The number of rotatable bonds is 6. The van der Waals surface area contributed by atoms with Crippen molar-refractivity contribution < 1.29 is 19.4 Å². The lowest BCUT2D eigenvalue weighted by atomic mass is 10.0. The van der Waals surface area contributed by atoms with Crippen molar-refractivity contribution in [3.05, 3.63) is 58.9 Å². The van der Waals surface area contributed by atoms with Crippen LogP contribution in [0.25, 0.3) is 0 Å². The third-order valence-electron chi connectivity index (χ3n) is 4.19. The number of aromatic nitrogens is 1. The van der Waals surface area contributed by atoms with Gasteiger partial charge < -0.3 is 20.5 Å². The van der Waals surface area contributed by atoms with Crippen LogP contribution < -0.4 is 15.4 Å². The average molecular weight is 355 g/mol. The van der Waals surface area contributed by atoms with Crippen molar-refractivity contribution >= 4 is 11.8 Å². The van der Waals surface area contributed by atoms with Crippen molar-refractivity contribution in [2.24, 2.45) is 0 Å². The third kappa shape index (κ3) is 3.83. The number of nitrogens with one attached hydrogen (secondary N) is 2. The van der Waals surface area contributed by atoms with Crippen LogP contribution in [0.15, 0.2) is 36.4 Å². The lowest BCUT2D eigenvalue weighted by Gasteiger charge is -2.16. The molecule has 1 atom stereocenters. The molecule has 0 spiro atoms. The Bertz CT molecular complexity index is 833. The number of carbonyl (C=O) groups is 2. The molecule has 7 heteroatoms. The largest absolute Gasteiger partial charge is 0.496 e. The van der Waals surface area contributed by atoms with Gasteiger partial charge in [-0.15, -0.1) is 0 Å². The SMILES string of the molecule is CNC(=O)c1cc(C(=O)NC2CC2)cc([C@H](O)c2ccccc2OC)n1. The van der Waals surface area contributed by atoms with E-state index in [1.165, 1.54) is 26.3 Å². The van der Waals surface area contributed by atoms with E-state index in [9.17, 15) is 14.7 Å². The summed E-state index contributed by atoms with van der Waals surface area (Å²) < 4.78 is 5.28. The minimum Gasteiger partial charge on any atom is -0.496 e. The number of pyridine rings is 1. The van der Waals surface area contributed by atoms with Crippen molar-refractivity contribution in [3.8, 4) is 5.75 Å². The molecule has 0 radical (unpaired) electrons. The topological polar surface area (TPSA) is 101 Å². The van der Waals surface area contributed by atoms with Gasteiger partial charge in [0.2, 0.25) is 0 Å². The molecule has 0 bridgehead atoms. The molecule has 26 heavy (non-hydrogen) atoms. The molecular weight excluding hydrogens is 334 g/mol. The molecule has 1 fully saturated rings. The number of benzene rings is 1. The van der Waals surface area contributed by atoms with E-state index in [2.05, 4.69) is 15.6 Å². The van der Waals surface area contributed by atoms with Crippen LogP contribution in [0, 0.1) is 0 Å². The van der Waals surface area contributed by atoms with Crippen LogP contribution in [-0.2, 0) is 0 Å². The van der Waals surface area contributed by atoms with Gasteiger partial charge in [-0.3, -0.25) is 9.59 Å². The number of aliphatic hydroxyl groups excluding tert-OH is 1. The van der Waals surface area contributed by atoms with Crippen LogP contribution in [-0.4, -0.2) is 42.1 Å². The molecule has 2 aromatic rings. The molecule has 136 valence electrons. The second-order valence-corrected chi connectivity index (χ2v) is 6.14. The molecule has 0 saturated heterocycles. The van der Waals surface area contributed by atoms with Gasteiger partial charge in [-0.2, -0.15) is 0 Å². The minimum atomic E-state index is -1.14. The number of amides is 2. The van der Waals surface area contributed by atoms with E-state index in [1.807, 2.05) is 0 Å². The summed E-state index contributed by atoms with van der Waals surface area (Å²) in [5.41, 5.74) is 1.07. The van der Waals surface area contributed by atoms with Crippen molar-refractivity contribution in [2.45, 2.75) is 25.0 Å². The zero-order chi connectivity index (χ0) is 18.7. The maximum Gasteiger partial charge on any atom is 0.269 e. The first-order valence-electron chi connectivity index (χ1n) is 8.39. The van der Waals surface area contributed by atoms with E-state index in [-0.39, 0.29) is 28.9 Å². The maximum absolute atomic E-state index is 12.4. The van der Waals surface area contributed by atoms with E-state index in [0.717, 1.165) is 12.8 Å². The first-order valence-corrected chi connectivity index (χ1v) is 8.39. The van der Waals surface area contributed by atoms with E-state index in [1.54, 1.807) is 24.3 Å². The van der Waals surface area contributed by atoms with Gasteiger partial charge in [0, 0.05) is 24.2 Å². The quantitative estimate of drug-likeness (QED) is 0.728. The molecule has 2 amide bonds. The second-order valence-electron chi connectivity index (χ2n) is 6.14. The molecule has 0 aliphatic heterocycles. The summed E-state index contributed by atoms with van der Waals surface area (Å²) in [6.07, 6.45) is 0.772.